The van der Waals surface area contributed by atoms with Crippen molar-refractivity contribution in [3.63, 3.8) is 0 Å². The maximum Gasteiger partial charge on any atom is 0.0242 e. The van der Waals surface area contributed by atoms with Crippen LogP contribution >= 0.6 is 0 Å². The second-order valence-corrected chi connectivity index (χ2v) is 6.53. The van der Waals surface area contributed by atoms with E-state index in [4.69, 9.17) is 0 Å². The molecule has 2 aromatic rings. The Morgan fingerprint density at radius 2 is 1.20 bits per heavy atom. The van der Waals surface area contributed by atoms with Crippen molar-refractivity contribution in [1.82, 2.24) is 4.90 Å². The smallest absolute Gasteiger partial charge is 0.0242 e. The SMILES string of the molecule is c1ccc(CN(Cc2ccccc2)C23CC(C2)C3)cc1. The standard InChI is InChI=1S/C19H21N/c1-3-7-16(8-4-1)14-20(19-11-18(12-19)13-19)15-17-9-5-2-6-10-17/h1-10,18H,11-15H2. The molecule has 0 spiro atoms. The Kier molecular flexibility index (Phi) is 2.89. The Balaban J connectivity index is 1.54. The van der Waals surface area contributed by atoms with Gasteiger partial charge < -0.3 is 0 Å². The van der Waals surface area contributed by atoms with Gasteiger partial charge in [0.15, 0.2) is 0 Å². The first kappa shape index (κ1) is 12.2. The second-order valence-electron chi connectivity index (χ2n) is 6.53. The van der Waals surface area contributed by atoms with E-state index in [0.717, 1.165) is 19.0 Å². The van der Waals surface area contributed by atoms with Gasteiger partial charge in [0, 0.05) is 18.6 Å². The maximum absolute atomic E-state index is 2.72. The zero-order valence-electron chi connectivity index (χ0n) is 11.8. The van der Waals surface area contributed by atoms with Gasteiger partial charge >= 0.3 is 0 Å². The van der Waals surface area contributed by atoms with Gasteiger partial charge in [-0.25, -0.2) is 0 Å². The van der Waals surface area contributed by atoms with E-state index in [0.29, 0.717) is 5.54 Å². The molecule has 20 heavy (non-hydrogen) atoms. The fourth-order valence-electron chi connectivity index (χ4n) is 3.82. The summed E-state index contributed by atoms with van der Waals surface area (Å²) in [6.45, 7) is 2.17. The fourth-order valence-corrected chi connectivity index (χ4v) is 3.82. The minimum atomic E-state index is 0.524. The molecule has 3 aliphatic rings. The molecule has 0 aromatic heterocycles. The van der Waals surface area contributed by atoms with E-state index in [9.17, 15) is 0 Å². The second kappa shape index (κ2) is 4.75. The lowest BCUT2D eigenvalue weighted by molar-refractivity contribution is -0.152. The molecule has 0 saturated heterocycles. The van der Waals surface area contributed by atoms with Crippen LogP contribution in [0.3, 0.4) is 0 Å². The molecule has 0 aliphatic heterocycles. The molecule has 3 saturated carbocycles. The zero-order valence-corrected chi connectivity index (χ0v) is 11.8. The normalized spacial score (nSPS) is 26.9. The third kappa shape index (κ3) is 2.06. The molecule has 0 amide bonds. The minimum Gasteiger partial charge on any atom is -0.289 e. The summed E-state index contributed by atoms with van der Waals surface area (Å²) in [7, 11) is 0. The first-order valence-electron chi connectivity index (χ1n) is 7.67. The van der Waals surface area contributed by atoms with Crippen LogP contribution in [-0.2, 0) is 13.1 Å². The summed E-state index contributed by atoms with van der Waals surface area (Å²) in [4.78, 5) is 2.72. The summed E-state index contributed by atoms with van der Waals surface area (Å²) in [6.07, 6.45) is 4.27. The van der Waals surface area contributed by atoms with Crippen molar-refractivity contribution in [3.05, 3.63) is 71.8 Å². The van der Waals surface area contributed by atoms with Crippen LogP contribution in [0.25, 0.3) is 0 Å². The van der Waals surface area contributed by atoms with E-state index in [1.165, 1.54) is 30.4 Å². The molecular formula is C19H21N. The molecule has 1 heteroatoms. The monoisotopic (exact) mass is 263 g/mol. The molecule has 2 aromatic carbocycles. The third-order valence-corrected chi connectivity index (χ3v) is 5.11. The van der Waals surface area contributed by atoms with Gasteiger partial charge in [-0.05, 0) is 36.3 Å². The van der Waals surface area contributed by atoms with Crippen LogP contribution in [0.5, 0.6) is 0 Å². The molecular weight excluding hydrogens is 242 g/mol. The van der Waals surface area contributed by atoms with Crippen molar-refractivity contribution in [2.24, 2.45) is 5.92 Å². The van der Waals surface area contributed by atoms with Crippen LogP contribution < -0.4 is 0 Å². The van der Waals surface area contributed by atoms with Gasteiger partial charge in [-0.15, -0.1) is 0 Å². The van der Waals surface area contributed by atoms with E-state index in [1.807, 2.05) is 0 Å². The summed E-state index contributed by atoms with van der Waals surface area (Å²) in [5, 5.41) is 0. The summed E-state index contributed by atoms with van der Waals surface area (Å²) < 4.78 is 0. The van der Waals surface area contributed by atoms with Gasteiger partial charge in [0.25, 0.3) is 0 Å². The van der Waals surface area contributed by atoms with Crippen molar-refractivity contribution in [2.45, 2.75) is 37.9 Å². The molecule has 5 rings (SSSR count). The quantitative estimate of drug-likeness (QED) is 0.780. The highest BCUT2D eigenvalue weighted by atomic mass is 15.2. The highest BCUT2D eigenvalue weighted by molar-refractivity contribution is 5.22. The van der Waals surface area contributed by atoms with Gasteiger partial charge in [-0.3, -0.25) is 4.90 Å². The van der Waals surface area contributed by atoms with Crippen LogP contribution in [0.4, 0.5) is 0 Å². The lowest BCUT2D eigenvalue weighted by Crippen LogP contribution is -2.67. The molecule has 1 nitrogen and oxygen atoms in total. The molecule has 0 heterocycles. The molecule has 3 fully saturated rings. The van der Waals surface area contributed by atoms with E-state index in [1.54, 1.807) is 0 Å². The number of rotatable bonds is 5. The van der Waals surface area contributed by atoms with Crippen molar-refractivity contribution >= 4 is 0 Å². The Morgan fingerprint density at radius 3 is 1.55 bits per heavy atom. The van der Waals surface area contributed by atoms with Gasteiger partial charge in [-0.1, -0.05) is 60.7 Å². The fraction of sp³-hybridized carbons (Fsp3) is 0.368. The number of hydrogen-bond donors (Lipinski definition) is 0. The van der Waals surface area contributed by atoms with E-state index >= 15 is 0 Å². The predicted molar refractivity (Wildman–Crippen MR) is 82.2 cm³/mol. The first-order chi connectivity index (χ1) is 9.84. The van der Waals surface area contributed by atoms with E-state index in [-0.39, 0.29) is 0 Å². The van der Waals surface area contributed by atoms with Crippen LogP contribution in [-0.4, -0.2) is 10.4 Å². The lowest BCUT2D eigenvalue weighted by Gasteiger charge is -2.66. The summed E-state index contributed by atoms with van der Waals surface area (Å²) in [6, 6.07) is 21.8. The molecule has 3 aliphatic carbocycles. The van der Waals surface area contributed by atoms with Gasteiger partial charge in [0.2, 0.25) is 0 Å². The van der Waals surface area contributed by atoms with Crippen molar-refractivity contribution < 1.29 is 0 Å². The predicted octanol–water partition coefficient (Wildman–Crippen LogP) is 4.24. The van der Waals surface area contributed by atoms with Crippen molar-refractivity contribution in [1.29, 1.82) is 0 Å². The van der Waals surface area contributed by atoms with Crippen molar-refractivity contribution in [3.8, 4) is 0 Å². The van der Waals surface area contributed by atoms with Gasteiger partial charge in [0.1, 0.15) is 0 Å². The molecule has 0 radical (unpaired) electrons. The number of benzene rings is 2. The Labute approximate surface area is 121 Å². The average molecular weight is 263 g/mol. The van der Waals surface area contributed by atoms with E-state index < -0.39 is 0 Å². The zero-order chi connectivity index (χ0) is 13.4. The average Bonchev–Trinajstić information content (AvgIpc) is 2.37. The highest BCUT2D eigenvalue weighted by Crippen LogP contribution is 2.61. The van der Waals surface area contributed by atoms with Gasteiger partial charge in [0.05, 0.1) is 0 Å². The Bertz CT molecular complexity index is 517. The first-order valence-corrected chi connectivity index (χ1v) is 7.67. The topological polar surface area (TPSA) is 3.24 Å². The largest absolute Gasteiger partial charge is 0.289 e. The molecule has 0 N–H and O–H groups in total. The van der Waals surface area contributed by atoms with Crippen molar-refractivity contribution in [2.75, 3.05) is 0 Å². The Morgan fingerprint density at radius 1 is 0.750 bits per heavy atom. The van der Waals surface area contributed by atoms with Crippen LogP contribution in [0.1, 0.15) is 30.4 Å². The number of hydrogen-bond acceptors (Lipinski definition) is 1. The summed E-state index contributed by atoms with van der Waals surface area (Å²) in [5.74, 6) is 1.03. The molecule has 0 atom stereocenters. The minimum absolute atomic E-state index is 0.524. The summed E-state index contributed by atoms with van der Waals surface area (Å²) in [5.41, 5.74) is 3.40. The molecule has 2 bridgehead atoms. The Hall–Kier alpha value is -1.60. The third-order valence-electron chi connectivity index (χ3n) is 5.11. The highest BCUT2D eigenvalue weighted by Gasteiger charge is 2.59. The maximum atomic E-state index is 2.72. The number of nitrogens with zero attached hydrogens (tertiary/aromatic N) is 1. The van der Waals surface area contributed by atoms with Crippen LogP contribution in [0.15, 0.2) is 60.7 Å². The molecule has 0 unspecified atom stereocenters. The van der Waals surface area contributed by atoms with Crippen LogP contribution in [0.2, 0.25) is 0 Å². The lowest BCUT2D eigenvalue weighted by atomic mass is 9.49. The van der Waals surface area contributed by atoms with Crippen LogP contribution in [0, 0.1) is 5.92 Å². The van der Waals surface area contributed by atoms with Gasteiger partial charge in [-0.2, -0.15) is 0 Å². The molecule has 102 valence electrons. The van der Waals surface area contributed by atoms with E-state index in [2.05, 4.69) is 65.6 Å². The summed E-state index contributed by atoms with van der Waals surface area (Å²) >= 11 is 0.